The van der Waals surface area contributed by atoms with Crippen molar-refractivity contribution in [2.24, 2.45) is 5.41 Å². The maximum Gasteiger partial charge on any atom is 0.164 e. The molecule has 0 aliphatic carbocycles. The van der Waals surface area contributed by atoms with Crippen LogP contribution in [0, 0.1) is 5.41 Å². The van der Waals surface area contributed by atoms with E-state index in [0.717, 1.165) is 21.5 Å². The minimum absolute atomic E-state index is 0.0414. The minimum atomic E-state index is 0.0414. The van der Waals surface area contributed by atoms with E-state index >= 15 is 0 Å². The molecule has 0 fully saturated rings. The van der Waals surface area contributed by atoms with Gasteiger partial charge in [-0.25, -0.2) is 0 Å². The van der Waals surface area contributed by atoms with Crippen LogP contribution in [0.15, 0.2) is 0 Å². The summed E-state index contributed by atoms with van der Waals surface area (Å²) in [6.07, 6.45) is 0.816. The molecular formula is C6H14OSSi. The van der Waals surface area contributed by atoms with Gasteiger partial charge in [0.05, 0.1) is 16.5 Å². The molecule has 0 rings (SSSR count). The molecular weight excluding hydrogens is 148 g/mol. The Morgan fingerprint density at radius 2 is 2.00 bits per heavy atom. The highest BCUT2D eigenvalue weighted by Gasteiger charge is 2.17. The first-order chi connectivity index (χ1) is 3.98. The van der Waals surface area contributed by atoms with Gasteiger partial charge in [-0.3, -0.25) is 0 Å². The van der Waals surface area contributed by atoms with E-state index < -0.39 is 0 Å². The van der Waals surface area contributed by atoms with E-state index in [9.17, 15) is 0 Å². The van der Waals surface area contributed by atoms with Crippen LogP contribution >= 0.6 is 12.2 Å². The summed E-state index contributed by atoms with van der Waals surface area (Å²) in [6, 6.07) is 0. The third kappa shape index (κ3) is 3.65. The molecule has 0 spiro atoms. The lowest BCUT2D eigenvalue weighted by atomic mass is 9.98. The molecule has 0 aromatic rings. The summed E-state index contributed by atoms with van der Waals surface area (Å²) in [4.78, 5) is 0. The highest BCUT2D eigenvalue weighted by molar-refractivity contribution is 7.80. The van der Waals surface area contributed by atoms with Crippen LogP contribution in [0.3, 0.4) is 0 Å². The van der Waals surface area contributed by atoms with Gasteiger partial charge in [-0.1, -0.05) is 20.8 Å². The first kappa shape index (κ1) is 9.11. The molecule has 0 aromatic heterocycles. The number of hydrogen-bond acceptors (Lipinski definition) is 2. The van der Waals surface area contributed by atoms with E-state index in [2.05, 4.69) is 20.8 Å². The molecule has 0 bridgehead atoms. The molecule has 0 heterocycles. The number of hydrogen-bond donors (Lipinski definition) is 0. The van der Waals surface area contributed by atoms with Crippen molar-refractivity contribution in [1.82, 2.24) is 0 Å². The molecule has 0 aromatic carbocycles. The molecule has 0 atom stereocenters. The Bertz CT molecular complexity index is 106. The molecule has 0 saturated carbocycles. The van der Waals surface area contributed by atoms with E-state index in [1.165, 1.54) is 0 Å². The Morgan fingerprint density at radius 1 is 1.56 bits per heavy atom. The van der Waals surface area contributed by atoms with Crippen LogP contribution in [0.2, 0.25) is 0 Å². The summed E-state index contributed by atoms with van der Waals surface area (Å²) >= 11 is 4.99. The van der Waals surface area contributed by atoms with E-state index in [0.29, 0.717) is 0 Å². The second kappa shape index (κ2) is 3.32. The zero-order valence-corrected chi connectivity index (χ0v) is 9.34. The van der Waals surface area contributed by atoms with Crippen molar-refractivity contribution in [3.63, 3.8) is 0 Å². The van der Waals surface area contributed by atoms with Crippen molar-refractivity contribution in [1.29, 1.82) is 0 Å². The first-order valence-electron chi connectivity index (χ1n) is 3.15. The topological polar surface area (TPSA) is 9.23 Å². The van der Waals surface area contributed by atoms with Crippen molar-refractivity contribution in [2.75, 3.05) is 6.23 Å². The molecule has 1 nitrogen and oxygen atoms in total. The Hall–Kier alpha value is 0.107. The lowest BCUT2D eigenvalue weighted by Gasteiger charge is -2.18. The second-order valence-electron chi connectivity index (χ2n) is 2.97. The third-order valence-corrected chi connectivity index (χ3v) is 1.91. The van der Waals surface area contributed by atoms with Crippen LogP contribution in [0.25, 0.3) is 0 Å². The normalized spacial score (nSPS) is 11.4. The van der Waals surface area contributed by atoms with Gasteiger partial charge in [0.25, 0.3) is 0 Å². The Labute approximate surface area is 65.2 Å². The quantitative estimate of drug-likeness (QED) is 0.415. The molecule has 0 amide bonds. The van der Waals surface area contributed by atoms with E-state index in [-0.39, 0.29) is 5.41 Å². The molecule has 0 N–H and O–H groups in total. The fourth-order valence-corrected chi connectivity index (χ4v) is 0.963. The Balaban J connectivity index is 3.74. The summed E-state index contributed by atoms with van der Waals surface area (Å²) in [5, 5.41) is 0.734. The lowest BCUT2D eigenvalue weighted by molar-refractivity contribution is 0.329. The predicted octanol–water partition coefficient (Wildman–Crippen LogP) is 0.699. The van der Waals surface area contributed by atoms with Gasteiger partial charge in [0.15, 0.2) is 5.05 Å². The summed E-state index contributed by atoms with van der Waals surface area (Å²) in [5.41, 5.74) is 0.0414. The standard InChI is InChI=1S/C6H14OSSi/c1-6(2,3)5(8)7-4-9/h4H2,1-3,9H3. The van der Waals surface area contributed by atoms with Crippen molar-refractivity contribution >= 4 is 27.5 Å². The summed E-state index contributed by atoms with van der Waals surface area (Å²) in [7, 11) is 1.06. The zero-order chi connectivity index (χ0) is 7.49. The molecule has 0 aliphatic heterocycles. The van der Waals surface area contributed by atoms with Crippen LogP contribution in [0.4, 0.5) is 0 Å². The Kier molecular flexibility index (Phi) is 3.36. The molecule has 0 radical (unpaired) electrons. The van der Waals surface area contributed by atoms with Crippen LogP contribution in [-0.2, 0) is 4.74 Å². The highest BCUT2D eigenvalue weighted by Crippen LogP contribution is 2.16. The molecule has 54 valence electrons. The lowest BCUT2D eigenvalue weighted by Crippen LogP contribution is -2.21. The third-order valence-electron chi connectivity index (χ3n) is 0.888. The fourth-order valence-electron chi connectivity index (χ4n) is 0.348. The fraction of sp³-hybridized carbons (Fsp3) is 0.833. The van der Waals surface area contributed by atoms with E-state index in [1.54, 1.807) is 0 Å². The highest BCUT2D eigenvalue weighted by atomic mass is 32.1. The number of thiocarbonyl (C=S) groups is 1. The van der Waals surface area contributed by atoms with Gasteiger partial charge in [0.2, 0.25) is 0 Å². The van der Waals surface area contributed by atoms with Gasteiger partial charge < -0.3 is 4.74 Å². The van der Waals surface area contributed by atoms with E-state index in [4.69, 9.17) is 17.0 Å². The second-order valence-corrected chi connectivity index (χ2v) is 3.92. The first-order valence-corrected chi connectivity index (χ1v) is 4.98. The van der Waals surface area contributed by atoms with Crippen LogP contribution in [-0.4, -0.2) is 21.5 Å². The van der Waals surface area contributed by atoms with Gasteiger partial charge in [0, 0.05) is 5.41 Å². The maximum atomic E-state index is 5.20. The predicted molar refractivity (Wildman–Crippen MR) is 47.9 cm³/mol. The summed E-state index contributed by atoms with van der Waals surface area (Å²) in [6.45, 7) is 6.19. The van der Waals surface area contributed by atoms with Crippen molar-refractivity contribution < 1.29 is 4.74 Å². The average molecular weight is 162 g/mol. The zero-order valence-electron chi connectivity index (χ0n) is 6.52. The van der Waals surface area contributed by atoms with Gasteiger partial charge in [-0.2, -0.15) is 0 Å². The molecule has 0 unspecified atom stereocenters. The van der Waals surface area contributed by atoms with Gasteiger partial charge in [0.1, 0.15) is 0 Å². The summed E-state index contributed by atoms with van der Waals surface area (Å²) < 4.78 is 5.20. The number of rotatable bonds is 1. The van der Waals surface area contributed by atoms with Crippen molar-refractivity contribution in [3.8, 4) is 0 Å². The molecule has 0 aliphatic rings. The monoisotopic (exact) mass is 162 g/mol. The SMILES string of the molecule is CC(C)(C)C(=S)OC[SiH3]. The minimum Gasteiger partial charge on any atom is -0.491 e. The van der Waals surface area contributed by atoms with Crippen molar-refractivity contribution in [3.05, 3.63) is 0 Å². The average Bonchev–Trinajstić information content (AvgIpc) is 1.64. The molecule has 9 heavy (non-hydrogen) atoms. The largest absolute Gasteiger partial charge is 0.491 e. The van der Waals surface area contributed by atoms with Crippen LogP contribution in [0.5, 0.6) is 0 Å². The van der Waals surface area contributed by atoms with Gasteiger partial charge in [-0.05, 0) is 12.2 Å². The van der Waals surface area contributed by atoms with Gasteiger partial charge in [-0.15, -0.1) is 0 Å². The smallest absolute Gasteiger partial charge is 0.164 e. The van der Waals surface area contributed by atoms with Gasteiger partial charge >= 0.3 is 0 Å². The molecule has 3 heteroatoms. The summed E-state index contributed by atoms with van der Waals surface area (Å²) in [5.74, 6) is 0. The van der Waals surface area contributed by atoms with Crippen LogP contribution < -0.4 is 0 Å². The Morgan fingerprint density at radius 3 is 2.11 bits per heavy atom. The van der Waals surface area contributed by atoms with Crippen molar-refractivity contribution in [2.45, 2.75) is 20.8 Å². The maximum absolute atomic E-state index is 5.20. The molecule has 0 saturated heterocycles. The number of ether oxygens (including phenoxy) is 1. The van der Waals surface area contributed by atoms with E-state index in [1.807, 2.05) is 0 Å². The van der Waals surface area contributed by atoms with Crippen LogP contribution in [0.1, 0.15) is 20.8 Å².